The fraction of sp³-hybridized carbons (Fsp3) is 0.771. The van der Waals surface area contributed by atoms with Gasteiger partial charge in [0.15, 0.2) is 0 Å². The van der Waals surface area contributed by atoms with Crippen molar-refractivity contribution in [2.75, 3.05) is 0 Å². The maximum Gasteiger partial charge on any atom is 0.490 e. The Morgan fingerprint density at radius 2 is 1.06 bits per heavy atom. The molecule has 1 heterocycles. The minimum atomic E-state index is -5.11. The van der Waals surface area contributed by atoms with E-state index in [1.54, 1.807) is 76.0 Å². The molecule has 10 nitrogen and oxygen atoms in total. The third-order valence-electron chi connectivity index (χ3n) is 18.3. The second-order valence-electron chi connectivity index (χ2n) is 21.6. The van der Waals surface area contributed by atoms with Crippen molar-refractivity contribution < 1.29 is 65.6 Å². The number of nitrogens with zero attached hydrogens (tertiary/aromatic N) is 2. The highest BCUT2D eigenvalue weighted by Gasteiger charge is 2.69. The second kappa shape index (κ2) is 31.5. The number of alkyl halides is 6. The normalized spacial score (nSPS) is 36.8. The van der Waals surface area contributed by atoms with E-state index in [2.05, 4.69) is 83.7 Å². The molecule has 1 aromatic heterocycles. The molecule has 0 radical (unpaired) electrons. The van der Waals surface area contributed by atoms with Crippen LogP contribution in [0.5, 0.6) is 0 Å². The fourth-order valence-electron chi connectivity index (χ4n) is 13.7. The number of carbonyl (C=O) groups is 4. The average molecular weight is 1400 g/mol. The van der Waals surface area contributed by atoms with Crippen LogP contribution < -0.4 is 0 Å². The number of aromatic nitrogens is 2. The predicted octanol–water partition coefficient (Wildman–Crippen LogP) is 9.48. The summed E-state index contributed by atoms with van der Waals surface area (Å²) in [6.45, 7) is 23.6. The lowest BCUT2D eigenvalue weighted by atomic mass is 9.44. The van der Waals surface area contributed by atoms with Gasteiger partial charge in [0.25, 0.3) is 0 Å². The summed E-state index contributed by atoms with van der Waals surface area (Å²) in [5.74, 6) is -4.40. The Hall–Kier alpha value is -0.0700. The van der Waals surface area contributed by atoms with Gasteiger partial charge in [-0.2, -0.15) is 26.3 Å². The number of esters is 1. The lowest BCUT2D eigenvalue weighted by Crippen LogP contribution is -2.63. The van der Waals surface area contributed by atoms with E-state index in [1.165, 1.54) is 41.6 Å². The van der Waals surface area contributed by atoms with Crippen LogP contribution >= 0.6 is 0 Å². The predicted molar refractivity (Wildman–Crippen MR) is 338 cm³/mol. The Morgan fingerprint density at radius 3 is 1.42 bits per heavy atom. The van der Waals surface area contributed by atoms with Crippen LogP contribution in [0.3, 0.4) is 0 Å². The third kappa shape index (κ3) is 16.7. The molecule has 0 amide bonds. The summed E-state index contributed by atoms with van der Waals surface area (Å²) >= 11 is 18.3. The van der Waals surface area contributed by atoms with Crippen LogP contribution in [0.4, 0.5) is 26.3 Å². The van der Waals surface area contributed by atoms with Gasteiger partial charge >= 0.3 is 24.2 Å². The SMILES string of the molecule is C.C=C[C@@]1(C)C[C@@H](O)[C@@]2(C)C3C(=O)CC[C@]3(CC[C@H]2C)[C@@H](C)[C@@H]1O.C=C[C@@]1(C)C[C@@H](O)[C@@]2(C)C3C(=O)CC[C@]3(CC[C@H]2C)[C@@H](C)[C@@H]1OC(=O)C(F)(F)F.O=C(n1ccnc1)C(F)(F)F.S=S=S=S=S=S=S.S=S=S=S=S=S=S=S. The van der Waals surface area contributed by atoms with E-state index in [9.17, 15) is 60.8 Å². The van der Waals surface area contributed by atoms with Crippen LogP contribution in [0.2, 0.25) is 0 Å². The first kappa shape index (κ1) is 75.0. The van der Waals surface area contributed by atoms with Gasteiger partial charge in [-0.25, -0.2) is 9.78 Å². The zero-order valence-electron chi connectivity index (χ0n) is 43.8. The second-order valence-corrected chi connectivity index (χ2v) is 41.1. The lowest BCUT2D eigenvalue weighted by Gasteiger charge is -2.61. The zero-order chi connectivity index (χ0) is 59.5. The number of imidazole rings is 1. The number of aliphatic hydroxyl groups is 3. The maximum absolute atomic E-state index is 13.0. The van der Waals surface area contributed by atoms with Crippen molar-refractivity contribution in [3.63, 3.8) is 0 Å². The smallest absolute Gasteiger partial charge is 0.454 e. The van der Waals surface area contributed by atoms with E-state index in [0.717, 1.165) is 44.4 Å². The van der Waals surface area contributed by atoms with Gasteiger partial charge in [0, 0.05) is 207 Å². The Kier molecular flexibility index (Phi) is 30.0. The topological polar surface area (TPSA) is 156 Å². The molecule has 3 N–H and O–H groups in total. The van der Waals surface area contributed by atoms with Crippen molar-refractivity contribution in [1.82, 2.24) is 9.55 Å². The highest BCUT2D eigenvalue weighted by Crippen LogP contribution is 2.69. The van der Waals surface area contributed by atoms with Crippen LogP contribution in [0, 0.1) is 68.0 Å². The van der Waals surface area contributed by atoms with Crippen molar-refractivity contribution in [3.05, 3.63) is 44.0 Å². The molecule has 1 aromatic rings. The quantitative estimate of drug-likeness (QED) is 0.150. The summed E-state index contributed by atoms with van der Waals surface area (Å²) in [4.78, 5) is 51.3. The summed E-state index contributed by atoms with van der Waals surface area (Å²) < 4.78 is 79.4. The van der Waals surface area contributed by atoms with Crippen LogP contribution in [0.25, 0.3) is 0 Å². The van der Waals surface area contributed by atoms with Crippen LogP contribution in [-0.2, 0) is 162 Å². The molecule has 452 valence electrons. The lowest BCUT2D eigenvalue weighted by molar-refractivity contribution is -0.229. The van der Waals surface area contributed by atoms with Gasteiger partial charge in [-0.15, -0.1) is 13.2 Å². The molecule has 6 saturated carbocycles. The molecule has 2 unspecified atom stereocenters. The van der Waals surface area contributed by atoms with Gasteiger partial charge in [-0.05, 0) is 80.0 Å². The summed E-state index contributed by atoms with van der Waals surface area (Å²) in [7, 11) is 16.5. The highest BCUT2D eigenvalue weighted by molar-refractivity contribution is 8.70. The molecule has 0 aliphatic heterocycles. The van der Waals surface area contributed by atoms with E-state index in [0.29, 0.717) is 48.4 Å². The summed E-state index contributed by atoms with van der Waals surface area (Å²) in [5, 5.41) is 33.6. The van der Waals surface area contributed by atoms with Gasteiger partial charge in [0.2, 0.25) is 0 Å². The summed E-state index contributed by atoms with van der Waals surface area (Å²) in [6.07, 6.45) is -0.652. The number of aliphatic hydroxyl groups excluding tert-OH is 3. The molecule has 4 bridgehead atoms. The number of hydrogen-bond acceptors (Lipinski definition) is 13. The first-order valence-electron chi connectivity index (χ1n) is 24.3. The molecule has 0 aromatic carbocycles. The van der Waals surface area contributed by atoms with E-state index < -0.39 is 87.6 Å². The first-order chi connectivity index (χ1) is 36.2. The molecular weight excluding hydrogens is 1330 g/mol. The van der Waals surface area contributed by atoms with Gasteiger partial charge < -0.3 is 20.1 Å². The number of rotatable bonds is 3. The van der Waals surface area contributed by atoms with Crippen LogP contribution in [0.15, 0.2) is 44.0 Å². The number of halogens is 6. The largest absolute Gasteiger partial charge is 0.490 e. The van der Waals surface area contributed by atoms with Crippen molar-refractivity contribution >= 4 is 166 Å². The molecule has 7 rings (SSSR count). The number of hydrogen-bond donors (Lipinski definition) is 3. The minimum Gasteiger partial charge on any atom is -0.454 e. The standard InChI is InChI=1S/C22H31F3O4.C20H32O3.C5H3F3N2O.CH4.S8.S7/c1-6-19(4)11-15(27)20(5)12(2)7-9-21(10-8-14(26)16(20)21)13(3)17(19)29-18(28)22(23,24)25;1-6-18(4)11-15(22)19(5)12(2)7-9-20(13(3)17(18)23)10-8-14(21)16(19)20;6-5(7,8)4(11)10-2-1-9-3-10;;1-3-5-7-8-6-4-2;1-3-5-7-6-4-2/h6,12-13,15-17,27H,1,7-11H2,2-5H3;6,12-13,15-17,22-23H,1,7-11H2,2-5H3;1-3H;1H4;;/t12-,13+,15-,16?,17+,19+,20+,21-;12-,13+,15-,16?,17+,18+,19+,20-;;;;/m11..../s1. The number of Topliss-reactive ketones (excluding diaryl/α,β-unsaturated/α-hetero) is 2. The Labute approximate surface area is 511 Å². The summed E-state index contributed by atoms with van der Waals surface area (Å²) in [6, 6.07) is 0. The van der Waals surface area contributed by atoms with Gasteiger partial charge in [-0.1, -0.05) is 75.0 Å². The number of carbonyl (C=O) groups excluding carboxylic acids is 4. The third-order valence-corrected chi connectivity index (χ3v) is 38.3. The molecule has 31 heteroatoms. The molecular formula is C48H70F6N2O8S15. The molecule has 6 aliphatic rings. The van der Waals surface area contributed by atoms with E-state index in [4.69, 9.17) is 4.74 Å². The Morgan fingerprint density at radius 1 is 0.671 bits per heavy atom. The van der Waals surface area contributed by atoms with Crippen molar-refractivity contribution in [2.45, 2.75) is 164 Å². The van der Waals surface area contributed by atoms with E-state index >= 15 is 0 Å². The summed E-state index contributed by atoms with van der Waals surface area (Å²) in [5.41, 5.74) is -3.40. The number of ether oxygens (including phenoxy) is 1. The van der Waals surface area contributed by atoms with Crippen molar-refractivity contribution in [1.29, 1.82) is 0 Å². The van der Waals surface area contributed by atoms with Gasteiger partial charge in [0.1, 0.15) is 24.0 Å². The average Bonchev–Trinajstić information content (AvgIpc) is 4.20. The fourth-order valence-corrected chi connectivity index (χ4v) is 32.9. The number of ketones is 2. The molecule has 0 saturated heterocycles. The maximum atomic E-state index is 13.0. The molecule has 0 spiro atoms. The Balaban J connectivity index is 0.000000376. The zero-order valence-corrected chi connectivity index (χ0v) is 56.1. The molecule has 79 heavy (non-hydrogen) atoms. The molecule has 6 aliphatic carbocycles. The van der Waals surface area contributed by atoms with Crippen LogP contribution in [0.1, 0.15) is 132 Å². The van der Waals surface area contributed by atoms with Crippen molar-refractivity contribution in [3.8, 4) is 0 Å². The first-order valence-corrected chi connectivity index (χ1v) is 41.6. The molecule has 16 atom stereocenters. The molecule has 6 fully saturated rings. The van der Waals surface area contributed by atoms with Crippen molar-refractivity contribution in [2.24, 2.45) is 68.0 Å². The highest BCUT2D eigenvalue weighted by atomic mass is 33.4. The van der Waals surface area contributed by atoms with E-state index in [1.807, 2.05) is 26.8 Å². The van der Waals surface area contributed by atoms with Gasteiger partial charge in [0.05, 0.1) is 18.3 Å². The van der Waals surface area contributed by atoms with Crippen LogP contribution in [-0.4, -0.2) is 85.1 Å². The van der Waals surface area contributed by atoms with E-state index in [-0.39, 0.29) is 42.8 Å². The minimum absolute atomic E-state index is 0. The monoisotopic (exact) mass is 1400 g/mol. The van der Waals surface area contributed by atoms with Gasteiger partial charge in [-0.3, -0.25) is 19.0 Å². The Bertz CT molecular complexity index is 2840.